The third-order valence-corrected chi connectivity index (χ3v) is 5.88. The van der Waals surface area contributed by atoms with E-state index in [1.54, 1.807) is 6.07 Å². The molecule has 0 bridgehead atoms. The number of carbonyl (C=O) groups is 4. The number of carboxylic acid groups (broad SMARTS) is 1. The van der Waals surface area contributed by atoms with Gasteiger partial charge in [0.25, 0.3) is 11.8 Å². The first kappa shape index (κ1) is 26.2. The number of nitrogens with zero attached hydrogens (tertiary/aromatic N) is 3. The van der Waals surface area contributed by atoms with E-state index >= 15 is 0 Å². The SMILES string of the molecule is O=C(O)CC(NC(=O)C1N(C(=O)Nc2cccc(F)c2)CCN1C(=O)c1cccnc1)c1ccc(F)cc1. The molecule has 2 heterocycles. The highest BCUT2D eigenvalue weighted by Crippen LogP contribution is 2.23. The molecule has 196 valence electrons. The number of carbonyl (C=O) groups excluding carboxylic acids is 3. The summed E-state index contributed by atoms with van der Waals surface area (Å²) < 4.78 is 27.1. The number of hydrogen-bond donors (Lipinski definition) is 3. The van der Waals surface area contributed by atoms with Gasteiger partial charge in [-0.25, -0.2) is 13.6 Å². The maximum atomic E-state index is 13.6. The molecule has 4 rings (SSSR count). The Hall–Kier alpha value is -4.87. The summed E-state index contributed by atoms with van der Waals surface area (Å²) in [6.45, 7) is -0.0477. The van der Waals surface area contributed by atoms with Crippen LogP contribution >= 0.6 is 0 Å². The van der Waals surface area contributed by atoms with Gasteiger partial charge < -0.3 is 20.6 Å². The van der Waals surface area contributed by atoms with Crippen molar-refractivity contribution in [2.24, 2.45) is 0 Å². The van der Waals surface area contributed by atoms with Gasteiger partial charge in [0.2, 0.25) is 0 Å². The zero-order valence-electron chi connectivity index (χ0n) is 19.9. The van der Waals surface area contributed by atoms with Gasteiger partial charge in [-0.05, 0) is 48.0 Å². The summed E-state index contributed by atoms with van der Waals surface area (Å²) in [7, 11) is 0. The van der Waals surface area contributed by atoms with Gasteiger partial charge in [-0.3, -0.25) is 24.3 Å². The maximum absolute atomic E-state index is 13.6. The first-order valence-corrected chi connectivity index (χ1v) is 11.5. The second kappa shape index (κ2) is 11.5. The van der Waals surface area contributed by atoms with Crippen LogP contribution in [0, 0.1) is 11.6 Å². The highest BCUT2D eigenvalue weighted by molar-refractivity contribution is 6.00. The number of aliphatic carboxylic acids is 1. The number of aromatic nitrogens is 1. The number of hydrogen-bond acceptors (Lipinski definition) is 5. The van der Waals surface area contributed by atoms with Crippen LogP contribution in [-0.4, -0.2) is 63.0 Å². The van der Waals surface area contributed by atoms with Crippen LogP contribution in [0.1, 0.15) is 28.4 Å². The van der Waals surface area contributed by atoms with Crippen LogP contribution in [0.25, 0.3) is 0 Å². The predicted molar refractivity (Wildman–Crippen MR) is 131 cm³/mol. The summed E-state index contributed by atoms with van der Waals surface area (Å²) in [4.78, 5) is 57.7. The fourth-order valence-electron chi connectivity index (χ4n) is 4.12. The monoisotopic (exact) mass is 523 g/mol. The number of anilines is 1. The summed E-state index contributed by atoms with van der Waals surface area (Å²) in [6.07, 6.45) is 0.797. The van der Waals surface area contributed by atoms with E-state index in [0.717, 1.165) is 23.1 Å². The van der Waals surface area contributed by atoms with Gasteiger partial charge in [0, 0.05) is 31.2 Å². The number of nitrogens with one attached hydrogen (secondary N) is 2. The van der Waals surface area contributed by atoms with Gasteiger partial charge in [0.1, 0.15) is 11.6 Å². The first-order chi connectivity index (χ1) is 18.2. The van der Waals surface area contributed by atoms with Crippen molar-refractivity contribution in [3.8, 4) is 0 Å². The van der Waals surface area contributed by atoms with E-state index in [0.29, 0.717) is 5.56 Å². The summed E-state index contributed by atoms with van der Waals surface area (Å²) >= 11 is 0. The molecule has 1 aliphatic heterocycles. The number of pyridine rings is 1. The topological polar surface area (TPSA) is 132 Å². The minimum Gasteiger partial charge on any atom is -0.481 e. The van der Waals surface area contributed by atoms with Crippen molar-refractivity contribution < 1.29 is 33.1 Å². The predicted octanol–water partition coefficient (Wildman–Crippen LogP) is 3.01. The van der Waals surface area contributed by atoms with Gasteiger partial charge in [-0.1, -0.05) is 18.2 Å². The zero-order valence-corrected chi connectivity index (χ0v) is 19.9. The standard InChI is InChI=1S/C26H23F2N5O5/c27-18-8-6-16(7-9-18)21(14-22(34)35)31-23(36)24-32(25(37)17-3-2-10-29-15-17)11-12-33(24)26(38)30-20-5-1-4-19(28)13-20/h1-10,13,15,21,24H,11-12,14H2,(H,30,38)(H,31,36)(H,34,35). The smallest absolute Gasteiger partial charge is 0.323 e. The van der Waals surface area contributed by atoms with Gasteiger partial charge in [-0.2, -0.15) is 0 Å². The van der Waals surface area contributed by atoms with Crippen LogP contribution < -0.4 is 10.6 Å². The van der Waals surface area contributed by atoms with Crippen LogP contribution in [0.3, 0.4) is 0 Å². The van der Waals surface area contributed by atoms with Crippen molar-refractivity contribution in [2.75, 3.05) is 18.4 Å². The molecule has 10 nitrogen and oxygen atoms in total. The molecule has 2 aromatic carbocycles. The lowest BCUT2D eigenvalue weighted by atomic mass is 10.0. The molecular weight excluding hydrogens is 500 g/mol. The van der Waals surface area contributed by atoms with Crippen LogP contribution in [0.4, 0.5) is 19.3 Å². The summed E-state index contributed by atoms with van der Waals surface area (Å²) in [5, 5.41) is 14.5. The van der Waals surface area contributed by atoms with E-state index in [4.69, 9.17) is 0 Å². The van der Waals surface area contributed by atoms with E-state index in [1.807, 2.05) is 0 Å². The van der Waals surface area contributed by atoms with Gasteiger partial charge >= 0.3 is 12.0 Å². The van der Waals surface area contributed by atoms with Crippen LogP contribution in [0.5, 0.6) is 0 Å². The van der Waals surface area contributed by atoms with E-state index in [-0.39, 0.29) is 24.3 Å². The highest BCUT2D eigenvalue weighted by Gasteiger charge is 2.43. The Balaban J connectivity index is 1.63. The van der Waals surface area contributed by atoms with Gasteiger partial charge in [0.05, 0.1) is 18.0 Å². The number of carboxylic acids is 1. The number of amides is 4. The van der Waals surface area contributed by atoms with E-state index in [1.165, 1.54) is 53.7 Å². The number of benzene rings is 2. The molecule has 0 aliphatic carbocycles. The van der Waals surface area contributed by atoms with Gasteiger partial charge in [-0.15, -0.1) is 0 Å². The average Bonchev–Trinajstić information content (AvgIpc) is 3.34. The van der Waals surface area contributed by atoms with E-state index in [9.17, 15) is 33.1 Å². The largest absolute Gasteiger partial charge is 0.481 e. The molecule has 4 amide bonds. The molecule has 0 radical (unpaired) electrons. The normalized spacial score (nSPS) is 15.6. The third kappa shape index (κ3) is 6.09. The second-order valence-electron chi connectivity index (χ2n) is 8.46. The molecule has 2 unspecified atom stereocenters. The summed E-state index contributed by atoms with van der Waals surface area (Å²) in [5.41, 5.74) is 0.639. The maximum Gasteiger partial charge on any atom is 0.323 e. The first-order valence-electron chi connectivity index (χ1n) is 11.5. The molecule has 3 N–H and O–H groups in total. The van der Waals surface area contributed by atoms with E-state index < -0.39 is 54.1 Å². The minimum absolute atomic E-state index is 0.0114. The molecule has 12 heteroatoms. The van der Waals surface area contributed by atoms with Crippen molar-refractivity contribution in [3.05, 3.63) is 95.8 Å². The molecule has 3 aromatic rings. The molecule has 0 spiro atoms. The molecule has 1 fully saturated rings. The van der Waals surface area contributed by atoms with Crippen molar-refractivity contribution in [2.45, 2.75) is 18.6 Å². The molecule has 2 atom stereocenters. The van der Waals surface area contributed by atoms with Gasteiger partial charge in [0.15, 0.2) is 6.17 Å². The Morgan fingerprint density at radius 2 is 1.71 bits per heavy atom. The molecule has 1 aromatic heterocycles. The molecule has 38 heavy (non-hydrogen) atoms. The zero-order chi connectivity index (χ0) is 27.2. The number of rotatable bonds is 7. The minimum atomic E-state index is -1.46. The highest BCUT2D eigenvalue weighted by atomic mass is 19.1. The second-order valence-corrected chi connectivity index (χ2v) is 8.46. The van der Waals surface area contributed by atoms with Crippen molar-refractivity contribution in [1.29, 1.82) is 0 Å². The quantitative estimate of drug-likeness (QED) is 0.436. The number of halogens is 2. The number of urea groups is 1. The summed E-state index contributed by atoms with van der Waals surface area (Å²) in [6, 6.07) is 11.3. The molecular formula is C26H23F2N5O5. The van der Waals surface area contributed by atoms with Crippen LogP contribution in [-0.2, 0) is 9.59 Å². The summed E-state index contributed by atoms with van der Waals surface area (Å²) in [5.74, 6) is -3.75. The third-order valence-electron chi connectivity index (χ3n) is 5.88. The molecule has 1 aliphatic rings. The Morgan fingerprint density at radius 1 is 0.974 bits per heavy atom. The Bertz CT molecular complexity index is 1340. The molecule has 0 saturated carbocycles. The van der Waals surface area contributed by atoms with Crippen LogP contribution in [0.15, 0.2) is 73.1 Å². The average molecular weight is 523 g/mol. The fraction of sp³-hybridized carbons (Fsp3) is 0.192. The Morgan fingerprint density at radius 3 is 2.37 bits per heavy atom. The Labute approximate surface area is 215 Å². The Kier molecular flexibility index (Phi) is 7.90. The van der Waals surface area contributed by atoms with Crippen molar-refractivity contribution in [3.63, 3.8) is 0 Å². The lowest BCUT2D eigenvalue weighted by Crippen LogP contribution is -2.55. The van der Waals surface area contributed by atoms with E-state index in [2.05, 4.69) is 15.6 Å². The lowest BCUT2D eigenvalue weighted by molar-refractivity contribution is -0.138. The fourth-order valence-corrected chi connectivity index (χ4v) is 4.12. The lowest BCUT2D eigenvalue weighted by Gasteiger charge is -2.30. The molecule has 1 saturated heterocycles. The van der Waals surface area contributed by atoms with Crippen molar-refractivity contribution >= 4 is 29.5 Å². The van der Waals surface area contributed by atoms with Crippen LogP contribution in [0.2, 0.25) is 0 Å². The van der Waals surface area contributed by atoms with Crippen molar-refractivity contribution in [1.82, 2.24) is 20.1 Å².